The van der Waals surface area contributed by atoms with E-state index in [9.17, 15) is 10.1 Å². The number of nitrogens with one attached hydrogen (secondary N) is 2. The van der Waals surface area contributed by atoms with Crippen LogP contribution in [0.25, 0.3) is 21.8 Å². The minimum absolute atomic E-state index is 0.244. The first kappa shape index (κ1) is 27.6. The van der Waals surface area contributed by atoms with Gasteiger partial charge in [-0.15, -0.1) is 0 Å². The molecular formula is C30H35N7O2. The molecule has 1 amide bonds. The van der Waals surface area contributed by atoms with E-state index in [1.807, 2.05) is 74.1 Å². The van der Waals surface area contributed by atoms with Crippen LogP contribution in [-0.4, -0.2) is 52.8 Å². The van der Waals surface area contributed by atoms with Crippen molar-refractivity contribution in [2.24, 2.45) is 0 Å². The van der Waals surface area contributed by atoms with Crippen LogP contribution in [0.5, 0.6) is 5.75 Å². The minimum atomic E-state index is -0.266. The summed E-state index contributed by atoms with van der Waals surface area (Å²) >= 11 is 0. The van der Waals surface area contributed by atoms with Gasteiger partial charge in [0.1, 0.15) is 11.8 Å². The largest absolute Gasteiger partial charge is 0.492 e. The van der Waals surface area contributed by atoms with Crippen LogP contribution in [0.1, 0.15) is 45.0 Å². The Labute approximate surface area is 229 Å². The predicted octanol–water partition coefficient (Wildman–Crippen LogP) is 5.80. The Bertz CT molecular complexity index is 1580. The normalized spacial score (nSPS) is 11.6. The second-order valence-corrected chi connectivity index (χ2v) is 9.81. The van der Waals surface area contributed by atoms with E-state index in [1.54, 1.807) is 6.08 Å². The quantitative estimate of drug-likeness (QED) is 0.252. The molecule has 2 N–H and O–H groups in total. The minimum Gasteiger partial charge on any atom is -0.492 e. The fraction of sp³-hybridized carbons (Fsp3) is 0.333. The van der Waals surface area contributed by atoms with Gasteiger partial charge in [-0.1, -0.05) is 13.0 Å². The number of nitrogens with zero attached hydrogens (tertiary/aromatic N) is 5. The number of amides is 1. The van der Waals surface area contributed by atoms with Crippen molar-refractivity contribution in [1.82, 2.24) is 19.7 Å². The molecule has 2 heterocycles. The molecule has 0 saturated heterocycles. The number of hydrogen-bond acceptors (Lipinski definition) is 7. The molecule has 202 valence electrons. The zero-order valence-electron chi connectivity index (χ0n) is 23.4. The van der Waals surface area contributed by atoms with Crippen molar-refractivity contribution in [3.8, 4) is 11.8 Å². The molecule has 0 unspecified atom stereocenters. The van der Waals surface area contributed by atoms with E-state index in [-0.39, 0.29) is 11.9 Å². The molecule has 0 atom stereocenters. The predicted molar refractivity (Wildman–Crippen MR) is 157 cm³/mol. The average molecular weight is 526 g/mol. The first-order valence-corrected chi connectivity index (χ1v) is 13.2. The molecule has 0 aliphatic carbocycles. The van der Waals surface area contributed by atoms with Gasteiger partial charge in [0.25, 0.3) is 0 Å². The number of aryl methyl sites for hydroxylation is 1. The summed E-state index contributed by atoms with van der Waals surface area (Å²) in [5, 5.41) is 22.8. The van der Waals surface area contributed by atoms with Gasteiger partial charge in [-0.25, -0.2) is 0 Å². The van der Waals surface area contributed by atoms with E-state index in [0.29, 0.717) is 58.9 Å². The highest BCUT2D eigenvalue weighted by Crippen LogP contribution is 2.38. The van der Waals surface area contributed by atoms with Gasteiger partial charge in [0.05, 0.1) is 46.5 Å². The van der Waals surface area contributed by atoms with Gasteiger partial charge in [0, 0.05) is 41.2 Å². The zero-order chi connectivity index (χ0) is 28.1. The number of aromatic nitrogens is 3. The summed E-state index contributed by atoms with van der Waals surface area (Å²) in [6.45, 7) is 9.13. The first-order valence-electron chi connectivity index (χ1n) is 13.2. The molecule has 2 aromatic carbocycles. The number of ether oxygens (including phenoxy) is 1. The summed E-state index contributed by atoms with van der Waals surface area (Å²) in [5.41, 5.74) is 4.84. The van der Waals surface area contributed by atoms with Gasteiger partial charge >= 0.3 is 0 Å². The maximum absolute atomic E-state index is 12.7. The van der Waals surface area contributed by atoms with Gasteiger partial charge in [-0.05, 0) is 65.6 Å². The van der Waals surface area contributed by atoms with Crippen LogP contribution in [0, 0.1) is 11.3 Å². The summed E-state index contributed by atoms with van der Waals surface area (Å²) in [7, 11) is 3.87. The maximum Gasteiger partial charge on any atom is 0.248 e. The lowest BCUT2D eigenvalue weighted by atomic mass is 10.0. The Kier molecular flexibility index (Phi) is 8.47. The summed E-state index contributed by atoms with van der Waals surface area (Å²) in [5.74, 6) is 0.255. The zero-order valence-corrected chi connectivity index (χ0v) is 23.4. The number of pyridine rings is 1. The highest BCUT2D eigenvalue weighted by molar-refractivity contribution is 6.05. The number of fused-ring (bicyclic) bond motifs is 2. The highest BCUT2D eigenvalue weighted by Gasteiger charge is 2.19. The van der Waals surface area contributed by atoms with Gasteiger partial charge in [-0.3, -0.25) is 14.5 Å². The lowest BCUT2D eigenvalue weighted by Crippen LogP contribution is -2.13. The highest BCUT2D eigenvalue weighted by atomic mass is 16.5. The van der Waals surface area contributed by atoms with E-state index in [0.717, 1.165) is 16.6 Å². The van der Waals surface area contributed by atoms with Gasteiger partial charge in [0.15, 0.2) is 0 Å². The second-order valence-electron chi connectivity index (χ2n) is 9.81. The summed E-state index contributed by atoms with van der Waals surface area (Å²) in [6, 6.07) is 12.3. The van der Waals surface area contributed by atoms with E-state index in [4.69, 9.17) is 9.72 Å². The van der Waals surface area contributed by atoms with Crippen molar-refractivity contribution in [2.75, 3.05) is 37.9 Å². The van der Waals surface area contributed by atoms with Gasteiger partial charge in [0.2, 0.25) is 5.91 Å². The first-order chi connectivity index (χ1) is 18.7. The molecule has 9 heteroatoms. The number of rotatable bonds is 10. The van der Waals surface area contributed by atoms with Crippen LogP contribution in [0.3, 0.4) is 0 Å². The van der Waals surface area contributed by atoms with Crippen LogP contribution in [0.2, 0.25) is 0 Å². The number of likely N-dealkylation sites (N-methyl/N-ethyl adjacent to an activating group) is 1. The molecule has 0 bridgehead atoms. The van der Waals surface area contributed by atoms with Crippen molar-refractivity contribution in [3.05, 3.63) is 59.9 Å². The summed E-state index contributed by atoms with van der Waals surface area (Å²) in [4.78, 5) is 19.4. The third-order valence-corrected chi connectivity index (χ3v) is 6.26. The van der Waals surface area contributed by atoms with Crippen molar-refractivity contribution >= 4 is 44.8 Å². The van der Waals surface area contributed by atoms with Gasteiger partial charge < -0.3 is 20.3 Å². The molecule has 0 aliphatic rings. The fourth-order valence-electron chi connectivity index (χ4n) is 4.45. The van der Waals surface area contributed by atoms with E-state index < -0.39 is 0 Å². The molecule has 0 spiro atoms. The molecule has 2 aromatic heterocycles. The van der Waals surface area contributed by atoms with Crippen LogP contribution in [-0.2, 0) is 11.2 Å². The van der Waals surface area contributed by atoms with E-state index >= 15 is 0 Å². The third kappa shape index (κ3) is 6.02. The van der Waals surface area contributed by atoms with E-state index in [1.165, 1.54) is 6.08 Å². The lowest BCUT2D eigenvalue weighted by Gasteiger charge is -2.18. The Morgan fingerprint density at radius 2 is 2.03 bits per heavy atom. The molecule has 4 aromatic rings. The second kappa shape index (κ2) is 12.0. The topological polar surface area (TPSA) is 108 Å². The van der Waals surface area contributed by atoms with Crippen molar-refractivity contribution in [3.63, 3.8) is 0 Å². The average Bonchev–Trinajstić information content (AvgIpc) is 3.32. The Morgan fingerprint density at radius 3 is 2.69 bits per heavy atom. The molecule has 0 aliphatic heterocycles. The number of anilines is 3. The van der Waals surface area contributed by atoms with Crippen LogP contribution in [0.15, 0.2) is 48.7 Å². The van der Waals surface area contributed by atoms with Crippen LogP contribution < -0.4 is 15.4 Å². The molecule has 0 radical (unpaired) electrons. The van der Waals surface area contributed by atoms with Crippen molar-refractivity contribution in [1.29, 1.82) is 5.26 Å². The van der Waals surface area contributed by atoms with E-state index in [2.05, 4.69) is 35.6 Å². The molecule has 39 heavy (non-hydrogen) atoms. The van der Waals surface area contributed by atoms with Crippen molar-refractivity contribution in [2.45, 2.75) is 40.2 Å². The summed E-state index contributed by atoms with van der Waals surface area (Å²) < 4.78 is 7.85. The Hall–Kier alpha value is -4.42. The van der Waals surface area contributed by atoms with Crippen LogP contribution >= 0.6 is 0 Å². The third-order valence-electron chi connectivity index (χ3n) is 6.26. The molecular weight excluding hydrogens is 490 g/mol. The smallest absolute Gasteiger partial charge is 0.248 e. The summed E-state index contributed by atoms with van der Waals surface area (Å²) in [6.07, 6.45) is 5.74. The molecule has 0 saturated carbocycles. The Balaban J connectivity index is 1.83. The molecule has 0 fully saturated rings. The van der Waals surface area contributed by atoms with Crippen LogP contribution in [0.4, 0.5) is 17.1 Å². The van der Waals surface area contributed by atoms with Crippen molar-refractivity contribution < 1.29 is 9.53 Å². The number of carbonyl (C=O) groups is 1. The number of nitriles is 1. The Morgan fingerprint density at radius 1 is 1.23 bits per heavy atom. The molecule has 9 nitrogen and oxygen atoms in total. The number of hydrogen-bond donors (Lipinski definition) is 2. The van der Waals surface area contributed by atoms with Gasteiger partial charge in [-0.2, -0.15) is 10.4 Å². The lowest BCUT2D eigenvalue weighted by molar-refractivity contribution is -0.111. The standard InChI is InChI=1S/C30H35N7O2/c1-7-24-23(17-31)30(33-21-11-12-27-20(14-21)18-32-37(27)19(3)4)22-15-26(28(39-8-2)16-25(22)34-24)35-29(38)10-9-13-36(5)6/h9-12,14-16,18-19H,7-8,13H2,1-6H3,(H,33,34)(H,35,38)/b10-9+. The SMILES string of the molecule is CCOc1cc2nc(CC)c(C#N)c(Nc3ccc4c(cnn4C(C)C)c3)c2cc1NC(=O)/C=C/CN(C)C. The number of carbonyl (C=O) groups excluding carboxylic acids is 1. The fourth-order valence-corrected chi connectivity index (χ4v) is 4.45. The number of benzene rings is 2. The molecule has 4 rings (SSSR count). The maximum atomic E-state index is 12.7. The monoisotopic (exact) mass is 525 g/mol.